The molecule has 0 radical (unpaired) electrons. The quantitative estimate of drug-likeness (QED) is 0.836. The van der Waals surface area contributed by atoms with Gasteiger partial charge in [0.2, 0.25) is 0 Å². The minimum atomic E-state index is -0.842. The third kappa shape index (κ3) is 2.73. The highest BCUT2D eigenvalue weighted by atomic mass is 32.1. The van der Waals surface area contributed by atoms with E-state index in [1.54, 1.807) is 0 Å². The molecule has 0 aliphatic carbocycles. The molecule has 6 nitrogen and oxygen atoms in total. The van der Waals surface area contributed by atoms with Gasteiger partial charge in [0.1, 0.15) is 0 Å². The predicted molar refractivity (Wildman–Crippen MR) is 63.2 cm³/mol. The van der Waals surface area contributed by atoms with E-state index in [4.69, 9.17) is 5.11 Å². The van der Waals surface area contributed by atoms with Gasteiger partial charge < -0.3 is 10.0 Å². The number of anilines is 1. The van der Waals surface area contributed by atoms with E-state index >= 15 is 0 Å². The van der Waals surface area contributed by atoms with Gasteiger partial charge in [-0.1, -0.05) is 0 Å². The first-order chi connectivity index (χ1) is 8.06. The number of aromatic nitrogens is 1. The number of carboxylic acid groups (broad SMARTS) is 1. The Hall–Kier alpha value is -1.63. The Balaban J connectivity index is 1.91. The second-order valence-electron chi connectivity index (χ2n) is 3.99. The molecule has 1 unspecified atom stereocenters. The Morgan fingerprint density at radius 1 is 1.65 bits per heavy atom. The maximum Gasteiger partial charge on any atom is 0.323 e. The first-order valence-corrected chi connectivity index (χ1v) is 6.15. The summed E-state index contributed by atoms with van der Waals surface area (Å²) in [7, 11) is 0. The van der Waals surface area contributed by atoms with Crippen LogP contribution in [0.2, 0.25) is 0 Å². The number of thiazole rings is 1. The largest absolute Gasteiger partial charge is 0.481 e. The first-order valence-electron chi connectivity index (χ1n) is 5.27. The Bertz CT molecular complexity index is 446. The molecule has 17 heavy (non-hydrogen) atoms. The van der Waals surface area contributed by atoms with Crippen molar-refractivity contribution < 1.29 is 14.7 Å². The van der Waals surface area contributed by atoms with Crippen LogP contribution < -0.4 is 5.32 Å². The number of likely N-dealkylation sites (tertiary alicyclic amines) is 1. The maximum absolute atomic E-state index is 11.8. The smallest absolute Gasteiger partial charge is 0.323 e. The highest BCUT2D eigenvalue weighted by Crippen LogP contribution is 2.19. The van der Waals surface area contributed by atoms with Gasteiger partial charge in [0.15, 0.2) is 5.13 Å². The van der Waals surface area contributed by atoms with Crippen LogP contribution in [-0.4, -0.2) is 40.1 Å². The van der Waals surface area contributed by atoms with E-state index in [0.717, 1.165) is 5.69 Å². The highest BCUT2D eigenvalue weighted by Gasteiger charge is 2.31. The molecule has 1 aliphatic rings. The van der Waals surface area contributed by atoms with Crippen molar-refractivity contribution >= 4 is 28.5 Å². The van der Waals surface area contributed by atoms with E-state index in [1.165, 1.54) is 16.2 Å². The molecule has 0 bridgehead atoms. The summed E-state index contributed by atoms with van der Waals surface area (Å²) in [6.45, 7) is 2.60. The van der Waals surface area contributed by atoms with Crippen molar-refractivity contribution in [3.05, 3.63) is 11.1 Å². The van der Waals surface area contributed by atoms with Crippen LogP contribution in [0.25, 0.3) is 0 Å². The molecule has 2 N–H and O–H groups in total. The number of aryl methyl sites for hydroxylation is 1. The van der Waals surface area contributed by atoms with Gasteiger partial charge in [-0.2, -0.15) is 0 Å². The Morgan fingerprint density at radius 3 is 2.94 bits per heavy atom. The maximum atomic E-state index is 11.8. The second-order valence-corrected chi connectivity index (χ2v) is 4.85. The number of carbonyl (C=O) groups is 2. The zero-order valence-electron chi connectivity index (χ0n) is 9.34. The van der Waals surface area contributed by atoms with Gasteiger partial charge in [-0.05, 0) is 13.3 Å². The molecule has 1 aliphatic heterocycles. The number of rotatable bonds is 2. The monoisotopic (exact) mass is 255 g/mol. The zero-order chi connectivity index (χ0) is 12.4. The molecule has 1 aromatic heterocycles. The first kappa shape index (κ1) is 11.8. The average Bonchev–Trinajstić information content (AvgIpc) is 2.86. The summed E-state index contributed by atoms with van der Waals surface area (Å²) in [4.78, 5) is 28.2. The van der Waals surface area contributed by atoms with Crippen molar-refractivity contribution in [2.75, 3.05) is 18.4 Å². The second kappa shape index (κ2) is 4.70. The number of hydrogen-bond acceptors (Lipinski definition) is 4. The van der Waals surface area contributed by atoms with Crippen LogP contribution >= 0.6 is 11.3 Å². The van der Waals surface area contributed by atoms with Crippen molar-refractivity contribution in [2.24, 2.45) is 5.92 Å². The van der Waals surface area contributed by atoms with E-state index in [2.05, 4.69) is 10.3 Å². The van der Waals surface area contributed by atoms with Crippen LogP contribution in [0, 0.1) is 12.8 Å². The van der Waals surface area contributed by atoms with Crippen LogP contribution in [-0.2, 0) is 4.79 Å². The molecule has 2 rings (SSSR count). The number of nitrogens with zero attached hydrogens (tertiary/aromatic N) is 2. The molecule has 0 aromatic carbocycles. The number of aliphatic carboxylic acids is 1. The lowest BCUT2D eigenvalue weighted by Crippen LogP contribution is -2.33. The lowest BCUT2D eigenvalue weighted by atomic mass is 10.1. The number of carboxylic acids is 1. The van der Waals surface area contributed by atoms with Gasteiger partial charge in [-0.3, -0.25) is 10.1 Å². The molecule has 1 aromatic rings. The molecular formula is C10H13N3O3S. The molecule has 2 heterocycles. The van der Waals surface area contributed by atoms with Crippen LogP contribution in [0.3, 0.4) is 0 Å². The number of urea groups is 1. The molecule has 0 saturated carbocycles. The predicted octanol–water partition coefficient (Wildman–Crippen LogP) is 1.39. The Labute approximate surface area is 102 Å². The normalized spacial score (nSPS) is 19.4. The number of carbonyl (C=O) groups excluding carboxylic acids is 1. The van der Waals surface area contributed by atoms with E-state index in [-0.39, 0.29) is 12.6 Å². The van der Waals surface area contributed by atoms with Crippen molar-refractivity contribution in [3.8, 4) is 0 Å². The SMILES string of the molecule is Cc1csc(NC(=O)N2CCC(C(=O)O)C2)n1. The summed E-state index contributed by atoms with van der Waals surface area (Å²) in [5.74, 6) is -1.29. The molecule has 1 fully saturated rings. The topological polar surface area (TPSA) is 82.5 Å². The third-order valence-electron chi connectivity index (χ3n) is 2.66. The Kier molecular flexibility index (Phi) is 3.28. The van der Waals surface area contributed by atoms with Crippen LogP contribution in [0.1, 0.15) is 12.1 Å². The summed E-state index contributed by atoms with van der Waals surface area (Å²) >= 11 is 1.36. The molecule has 1 saturated heterocycles. The van der Waals surface area contributed by atoms with Crippen LogP contribution in [0.5, 0.6) is 0 Å². The molecule has 1 atom stereocenters. The van der Waals surface area contributed by atoms with Crippen molar-refractivity contribution in [3.63, 3.8) is 0 Å². The van der Waals surface area contributed by atoms with Crippen molar-refractivity contribution in [2.45, 2.75) is 13.3 Å². The van der Waals surface area contributed by atoms with Gasteiger partial charge in [-0.25, -0.2) is 9.78 Å². The van der Waals surface area contributed by atoms with E-state index in [9.17, 15) is 9.59 Å². The fourth-order valence-corrected chi connectivity index (χ4v) is 2.41. The molecule has 7 heteroatoms. The van der Waals surface area contributed by atoms with Crippen LogP contribution in [0.4, 0.5) is 9.93 Å². The van der Waals surface area contributed by atoms with Crippen LogP contribution in [0.15, 0.2) is 5.38 Å². The lowest BCUT2D eigenvalue weighted by molar-refractivity contribution is -0.141. The Morgan fingerprint density at radius 2 is 2.41 bits per heavy atom. The molecule has 92 valence electrons. The molecular weight excluding hydrogens is 242 g/mol. The van der Waals surface area contributed by atoms with Gasteiger partial charge in [0, 0.05) is 18.5 Å². The number of nitrogens with one attached hydrogen (secondary N) is 1. The summed E-state index contributed by atoms with van der Waals surface area (Å²) in [6, 6.07) is -0.275. The van der Waals surface area contributed by atoms with Gasteiger partial charge in [-0.15, -0.1) is 11.3 Å². The third-order valence-corrected chi connectivity index (χ3v) is 3.53. The van der Waals surface area contributed by atoms with E-state index < -0.39 is 11.9 Å². The number of hydrogen-bond donors (Lipinski definition) is 2. The van der Waals surface area contributed by atoms with Gasteiger partial charge >= 0.3 is 12.0 Å². The zero-order valence-corrected chi connectivity index (χ0v) is 10.2. The molecule has 2 amide bonds. The minimum absolute atomic E-state index is 0.269. The van der Waals surface area contributed by atoms with Gasteiger partial charge in [0.25, 0.3) is 0 Å². The summed E-state index contributed by atoms with van der Waals surface area (Å²) < 4.78 is 0. The molecule has 0 spiro atoms. The van der Waals surface area contributed by atoms with E-state index in [1.807, 2.05) is 12.3 Å². The summed E-state index contributed by atoms with van der Waals surface area (Å²) in [6.07, 6.45) is 0.514. The summed E-state index contributed by atoms with van der Waals surface area (Å²) in [5, 5.41) is 13.9. The fourth-order valence-electron chi connectivity index (χ4n) is 1.73. The van der Waals surface area contributed by atoms with Crippen molar-refractivity contribution in [1.29, 1.82) is 0 Å². The average molecular weight is 255 g/mol. The minimum Gasteiger partial charge on any atom is -0.481 e. The highest BCUT2D eigenvalue weighted by molar-refractivity contribution is 7.13. The standard InChI is InChI=1S/C10H13N3O3S/c1-6-5-17-9(11-6)12-10(16)13-3-2-7(4-13)8(14)15/h5,7H,2-4H2,1H3,(H,14,15)(H,11,12,16). The summed E-state index contributed by atoms with van der Waals surface area (Å²) in [5.41, 5.74) is 0.857. The van der Waals surface area contributed by atoms with Crippen molar-refractivity contribution in [1.82, 2.24) is 9.88 Å². The lowest BCUT2D eigenvalue weighted by Gasteiger charge is -2.15. The number of amides is 2. The fraction of sp³-hybridized carbons (Fsp3) is 0.500. The van der Waals surface area contributed by atoms with E-state index in [0.29, 0.717) is 18.1 Å². The van der Waals surface area contributed by atoms with Gasteiger partial charge in [0.05, 0.1) is 11.6 Å².